The molecule has 0 bridgehead atoms. The van der Waals surface area contributed by atoms with Gasteiger partial charge in [-0.25, -0.2) is 0 Å². The SMILES string of the molecule is CC1CCC(N2CCCCC2)(N2CCNCC2)[C@@]2(C)C1CCC1C3CCC[C@@]3(C)CCC12. The molecule has 6 aliphatic rings. The molecule has 6 unspecified atom stereocenters. The molecule has 6 fully saturated rings. The van der Waals surface area contributed by atoms with Crippen molar-refractivity contribution < 1.29 is 0 Å². The largest absolute Gasteiger partial charge is 0.314 e. The fourth-order valence-corrected chi connectivity index (χ4v) is 11.2. The lowest BCUT2D eigenvalue weighted by Gasteiger charge is -2.72. The Balaban J connectivity index is 1.46. The van der Waals surface area contributed by atoms with Gasteiger partial charge in [0.15, 0.2) is 0 Å². The van der Waals surface area contributed by atoms with Crippen LogP contribution in [-0.2, 0) is 0 Å². The fraction of sp³-hybridized carbons (Fsp3) is 1.00. The Labute approximate surface area is 198 Å². The maximum absolute atomic E-state index is 3.70. The monoisotopic (exact) mass is 441 g/mol. The van der Waals surface area contributed by atoms with Gasteiger partial charge in [-0.1, -0.05) is 33.6 Å². The standard InChI is InChI=1S/C29H51N3/c1-22-11-15-29(31-18-5-4-6-19-31,32-20-16-30-17-21-32)28(3)24(22)10-9-23-25-8-7-13-27(25,2)14-12-26(23)28/h22-26,30H,4-21H2,1-3H3/t22?,23?,24?,25?,26?,27-,28-,29?/m0/s1. The molecule has 1 N–H and O–H groups in total. The number of hydrogen-bond donors (Lipinski definition) is 1. The highest BCUT2D eigenvalue weighted by molar-refractivity contribution is 5.18. The highest BCUT2D eigenvalue weighted by Crippen LogP contribution is 2.70. The van der Waals surface area contributed by atoms with Crippen LogP contribution < -0.4 is 5.32 Å². The summed E-state index contributed by atoms with van der Waals surface area (Å²) in [5.41, 5.74) is 1.46. The van der Waals surface area contributed by atoms with E-state index in [1.807, 2.05) is 0 Å². The van der Waals surface area contributed by atoms with E-state index in [9.17, 15) is 0 Å². The number of piperazine rings is 1. The number of hydrogen-bond acceptors (Lipinski definition) is 3. The Kier molecular flexibility index (Phi) is 5.75. The third-order valence-electron chi connectivity index (χ3n) is 12.6. The Morgan fingerprint density at radius 2 is 1.41 bits per heavy atom. The summed E-state index contributed by atoms with van der Waals surface area (Å²) < 4.78 is 0. The van der Waals surface area contributed by atoms with E-state index >= 15 is 0 Å². The van der Waals surface area contributed by atoms with Crippen molar-refractivity contribution in [3.63, 3.8) is 0 Å². The molecule has 2 aliphatic heterocycles. The zero-order valence-corrected chi connectivity index (χ0v) is 21.5. The van der Waals surface area contributed by atoms with Gasteiger partial charge < -0.3 is 5.32 Å². The lowest BCUT2D eigenvalue weighted by molar-refractivity contribution is -0.259. The molecule has 4 aliphatic carbocycles. The van der Waals surface area contributed by atoms with Gasteiger partial charge in [-0.2, -0.15) is 0 Å². The van der Waals surface area contributed by atoms with Crippen molar-refractivity contribution in [1.82, 2.24) is 15.1 Å². The number of nitrogens with one attached hydrogen (secondary N) is 1. The summed E-state index contributed by atoms with van der Waals surface area (Å²) in [6.07, 6.45) is 17.9. The lowest BCUT2D eigenvalue weighted by atomic mass is 9.40. The summed E-state index contributed by atoms with van der Waals surface area (Å²) in [5, 5.41) is 3.70. The van der Waals surface area contributed by atoms with Crippen LogP contribution in [0, 0.1) is 40.4 Å². The van der Waals surface area contributed by atoms with Crippen molar-refractivity contribution >= 4 is 0 Å². The Bertz CT molecular complexity index is 662. The summed E-state index contributed by atoms with van der Waals surface area (Å²) in [7, 11) is 0. The molecule has 8 atom stereocenters. The minimum Gasteiger partial charge on any atom is -0.314 e. The first-order valence-electron chi connectivity index (χ1n) is 14.7. The van der Waals surface area contributed by atoms with Gasteiger partial charge in [-0.15, -0.1) is 0 Å². The van der Waals surface area contributed by atoms with Crippen LogP contribution in [0.3, 0.4) is 0 Å². The molecule has 0 aromatic heterocycles. The minimum absolute atomic E-state index is 0.322. The van der Waals surface area contributed by atoms with Crippen molar-refractivity contribution in [3.8, 4) is 0 Å². The molecule has 2 heterocycles. The van der Waals surface area contributed by atoms with Crippen LogP contribution in [0.5, 0.6) is 0 Å². The maximum Gasteiger partial charge on any atom is 0.0799 e. The van der Waals surface area contributed by atoms with Crippen LogP contribution in [0.15, 0.2) is 0 Å². The number of likely N-dealkylation sites (tertiary alicyclic amines) is 1. The van der Waals surface area contributed by atoms with E-state index in [2.05, 4.69) is 35.9 Å². The van der Waals surface area contributed by atoms with Gasteiger partial charge in [-0.3, -0.25) is 9.80 Å². The molecule has 182 valence electrons. The fourth-order valence-electron chi connectivity index (χ4n) is 11.2. The third-order valence-corrected chi connectivity index (χ3v) is 12.6. The molecule has 0 aromatic carbocycles. The van der Waals surface area contributed by atoms with Crippen LogP contribution in [-0.4, -0.2) is 54.7 Å². The van der Waals surface area contributed by atoms with E-state index in [-0.39, 0.29) is 0 Å². The van der Waals surface area contributed by atoms with E-state index in [0.29, 0.717) is 16.5 Å². The molecular formula is C29H51N3. The van der Waals surface area contributed by atoms with Crippen LogP contribution in [0.25, 0.3) is 0 Å². The summed E-state index contributed by atoms with van der Waals surface area (Å²) in [5.74, 6) is 4.84. The van der Waals surface area contributed by atoms with Crippen molar-refractivity contribution in [3.05, 3.63) is 0 Å². The number of rotatable bonds is 2. The predicted octanol–water partition coefficient (Wildman–Crippen LogP) is 5.75. The van der Waals surface area contributed by atoms with E-state index in [1.54, 1.807) is 6.42 Å². The zero-order valence-electron chi connectivity index (χ0n) is 21.5. The van der Waals surface area contributed by atoms with E-state index in [0.717, 1.165) is 29.6 Å². The molecule has 32 heavy (non-hydrogen) atoms. The van der Waals surface area contributed by atoms with Gasteiger partial charge in [0.2, 0.25) is 0 Å². The molecule has 2 saturated heterocycles. The second kappa shape index (κ2) is 8.23. The van der Waals surface area contributed by atoms with E-state index in [4.69, 9.17) is 0 Å². The molecule has 6 rings (SSSR count). The number of nitrogens with zero attached hydrogens (tertiary/aromatic N) is 2. The highest BCUT2D eigenvalue weighted by atomic mass is 15.4. The van der Waals surface area contributed by atoms with Gasteiger partial charge in [-0.05, 0) is 112 Å². The minimum atomic E-state index is 0.322. The number of piperidine rings is 1. The van der Waals surface area contributed by atoms with Crippen LogP contribution in [0.4, 0.5) is 0 Å². The highest BCUT2D eigenvalue weighted by Gasteiger charge is 2.68. The van der Waals surface area contributed by atoms with Gasteiger partial charge in [0.25, 0.3) is 0 Å². The Morgan fingerprint density at radius 1 is 0.656 bits per heavy atom. The van der Waals surface area contributed by atoms with Crippen LogP contribution >= 0.6 is 0 Å². The third kappa shape index (κ3) is 3.02. The second-order valence-electron chi connectivity index (χ2n) is 13.5. The van der Waals surface area contributed by atoms with Crippen molar-refractivity contribution in [2.45, 2.75) is 103 Å². The summed E-state index contributed by atoms with van der Waals surface area (Å²) in [4.78, 5) is 6.17. The molecule has 0 amide bonds. The Morgan fingerprint density at radius 3 is 2.19 bits per heavy atom. The van der Waals surface area contributed by atoms with Gasteiger partial charge in [0, 0.05) is 31.6 Å². The normalized spacial score (nSPS) is 52.8. The number of fused-ring (bicyclic) bond motifs is 5. The van der Waals surface area contributed by atoms with Gasteiger partial charge >= 0.3 is 0 Å². The summed E-state index contributed by atoms with van der Waals surface area (Å²) in [6, 6.07) is 0. The van der Waals surface area contributed by atoms with Crippen molar-refractivity contribution in [2.75, 3.05) is 39.3 Å². The molecule has 0 radical (unpaired) electrons. The topological polar surface area (TPSA) is 18.5 Å². The first-order valence-corrected chi connectivity index (χ1v) is 14.7. The first kappa shape index (κ1) is 22.4. The van der Waals surface area contributed by atoms with Crippen LogP contribution in [0.2, 0.25) is 0 Å². The first-order chi connectivity index (χ1) is 15.5. The predicted molar refractivity (Wildman–Crippen MR) is 133 cm³/mol. The van der Waals surface area contributed by atoms with E-state index < -0.39 is 0 Å². The molecule has 4 saturated carbocycles. The average molecular weight is 442 g/mol. The van der Waals surface area contributed by atoms with Gasteiger partial charge in [0.1, 0.15) is 0 Å². The zero-order chi connectivity index (χ0) is 22.0. The summed E-state index contributed by atoms with van der Waals surface area (Å²) in [6.45, 7) is 15.9. The lowest BCUT2D eigenvalue weighted by Crippen LogP contribution is -2.78. The van der Waals surface area contributed by atoms with Crippen molar-refractivity contribution in [1.29, 1.82) is 0 Å². The van der Waals surface area contributed by atoms with Crippen molar-refractivity contribution in [2.24, 2.45) is 40.4 Å². The summed E-state index contributed by atoms with van der Waals surface area (Å²) >= 11 is 0. The molecule has 3 nitrogen and oxygen atoms in total. The van der Waals surface area contributed by atoms with E-state index in [1.165, 1.54) is 110 Å². The molecule has 0 spiro atoms. The molecular weight excluding hydrogens is 390 g/mol. The van der Waals surface area contributed by atoms with Gasteiger partial charge in [0.05, 0.1) is 5.66 Å². The second-order valence-corrected chi connectivity index (χ2v) is 13.5. The maximum atomic E-state index is 3.70. The van der Waals surface area contributed by atoms with Crippen LogP contribution in [0.1, 0.15) is 97.8 Å². The smallest absolute Gasteiger partial charge is 0.0799 e. The molecule has 3 heteroatoms. The molecule has 0 aromatic rings. The Hall–Kier alpha value is -0.120. The quantitative estimate of drug-likeness (QED) is 0.588. The average Bonchev–Trinajstić information content (AvgIpc) is 3.22.